The Hall–Kier alpha value is -0.680. The molecule has 0 aromatic carbocycles. The molecule has 0 amide bonds. The maximum Gasteiger partial charge on any atom is 0.0628 e. The van der Waals surface area contributed by atoms with Gasteiger partial charge in [-0.15, -0.1) is 22.7 Å². The zero-order valence-electron chi connectivity index (χ0n) is 11.1. The smallest absolute Gasteiger partial charge is 0.0628 e. The van der Waals surface area contributed by atoms with Crippen LogP contribution in [-0.2, 0) is 0 Å². The second kappa shape index (κ2) is 5.37. The summed E-state index contributed by atoms with van der Waals surface area (Å²) in [5.74, 6) is 0.481. The molecule has 3 heterocycles. The van der Waals surface area contributed by atoms with Crippen molar-refractivity contribution in [3.05, 3.63) is 44.8 Å². The van der Waals surface area contributed by atoms with Gasteiger partial charge in [0.1, 0.15) is 0 Å². The summed E-state index contributed by atoms with van der Waals surface area (Å²) >= 11 is 3.53. The molecule has 1 aliphatic heterocycles. The summed E-state index contributed by atoms with van der Waals surface area (Å²) in [7, 11) is 0. The van der Waals surface area contributed by atoms with Gasteiger partial charge in [0.05, 0.1) is 6.10 Å². The van der Waals surface area contributed by atoms with Gasteiger partial charge in [-0.2, -0.15) is 0 Å². The summed E-state index contributed by atoms with van der Waals surface area (Å²) in [5, 5.41) is 18.5. The van der Waals surface area contributed by atoms with Gasteiger partial charge in [0.2, 0.25) is 0 Å². The van der Waals surface area contributed by atoms with Crippen molar-refractivity contribution in [2.24, 2.45) is 11.8 Å². The number of hydrogen-bond donors (Lipinski definition) is 2. The Morgan fingerprint density at radius 3 is 1.79 bits per heavy atom. The van der Waals surface area contributed by atoms with Gasteiger partial charge >= 0.3 is 0 Å². The highest BCUT2D eigenvalue weighted by atomic mass is 32.1. The van der Waals surface area contributed by atoms with E-state index in [1.54, 1.807) is 22.7 Å². The second-order valence-corrected chi connectivity index (χ2v) is 7.32. The van der Waals surface area contributed by atoms with E-state index in [0.29, 0.717) is 0 Å². The van der Waals surface area contributed by atoms with Gasteiger partial charge in [-0.3, -0.25) is 0 Å². The molecule has 2 N–H and O–H groups in total. The lowest BCUT2D eigenvalue weighted by Gasteiger charge is -2.43. The zero-order chi connectivity index (χ0) is 13.4. The van der Waals surface area contributed by atoms with E-state index < -0.39 is 0 Å². The van der Waals surface area contributed by atoms with E-state index in [-0.39, 0.29) is 30.0 Å². The fraction of sp³-hybridized carbons (Fsp3) is 0.467. The molecule has 4 heteroatoms. The van der Waals surface area contributed by atoms with Gasteiger partial charge in [-0.1, -0.05) is 26.0 Å². The molecule has 0 bridgehead atoms. The summed E-state index contributed by atoms with van der Waals surface area (Å²) < 4.78 is 0. The Morgan fingerprint density at radius 1 is 0.947 bits per heavy atom. The van der Waals surface area contributed by atoms with Gasteiger partial charge in [-0.25, -0.2) is 0 Å². The molecule has 0 spiro atoms. The summed E-state index contributed by atoms with van der Waals surface area (Å²) in [6, 6.07) is 8.98. The molecule has 2 aromatic rings. The molecule has 0 radical (unpaired) electrons. The highest BCUT2D eigenvalue weighted by molar-refractivity contribution is 7.10. The van der Waals surface area contributed by atoms with Crippen molar-refractivity contribution < 1.29 is 5.11 Å². The van der Waals surface area contributed by atoms with Gasteiger partial charge in [0, 0.05) is 33.7 Å². The minimum absolute atomic E-state index is 0.241. The van der Waals surface area contributed by atoms with Gasteiger partial charge in [0.25, 0.3) is 0 Å². The minimum atomic E-state index is -0.263. The number of thiophene rings is 2. The van der Waals surface area contributed by atoms with Crippen molar-refractivity contribution >= 4 is 22.7 Å². The van der Waals surface area contributed by atoms with Crippen LogP contribution in [0.1, 0.15) is 35.7 Å². The number of rotatable bonds is 2. The topological polar surface area (TPSA) is 32.3 Å². The third kappa shape index (κ3) is 2.38. The molecule has 3 rings (SSSR count). The number of nitrogens with one attached hydrogen (secondary N) is 1. The number of piperidine rings is 1. The van der Waals surface area contributed by atoms with Crippen molar-refractivity contribution in [3.8, 4) is 0 Å². The fourth-order valence-corrected chi connectivity index (χ4v) is 4.79. The maximum atomic E-state index is 10.6. The van der Waals surface area contributed by atoms with Crippen LogP contribution in [0.5, 0.6) is 0 Å². The van der Waals surface area contributed by atoms with Crippen molar-refractivity contribution in [2.45, 2.75) is 32.0 Å². The molecule has 2 aromatic heterocycles. The molecule has 0 aliphatic carbocycles. The maximum absolute atomic E-state index is 10.6. The molecule has 1 unspecified atom stereocenters. The lowest BCUT2D eigenvalue weighted by atomic mass is 9.78. The Kier molecular flexibility index (Phi) is 3.76. The first kappa shape index (κ1) is 13.3. The van der Waals surface area contributed by atoms with Crippen LogP contribution in [0, 0.1) is 11.8 Å². The first-order valence-electron chi connectivity index (χ1n) is 6.69. The molecule has 102 valence electrons. The Balaban J connectivity index is 1.91. The number of aliphatic hydroxyl groups excluding tert-OH is 1. The fourth-order valence-electron chi connectivity index (χ4n) is 2.99. The van der Waals surface area contributed by atoms with Crippen LogP contribution in [0.3, 0.4) is 0 Å². The van der Waals surface area contributed by atoms with E-state index in [9.17, 15) is 5.11 Å². The van der Waals surface area contributed by atoms with Crippen molar-refractivity contribution in [1.29, 1.82) is 0 Å². The van der Waals surface area contributed by atoms with E-state index in [0.717, 1.165) is 0 Å². The van der Waals surface area contributed by atoms with E-state index in [4.69, 9.17) is 0 Å². The highest BCUT2D eigenvalue weighted by Crippen LogP contribution is 2.42. The molecule has 1 saturated heterocycles. The summed E-state index contributed by atoms with van der Waals surface area (Å²) in [5.41, 5.74) is 0. The molecule has 0 saturated carbocycles. The molecular formula is C15H19NOS2. The lowest BCUT2D eigenvalue weighted by molar-refractivity contribution is -0.00521. The van der Waals surface area contributed by atoms with Crippen LogP contribution in [0.4, 0.5) is 0 Å². The SMILES string of the molecule is C[C@@H]1C(O)[C@H](C)[C@@H](c2cccs2)N[C@@H]1c1cccs1. The third-order valence-corrected chi connectivity index (χ3v) is 6.10. The van der Waals surface area contributed by atoms with Crippen molar-refractivity contribution in [1.82, 2.24) is 5.32 Å². The summed E-state index contributed by atoms with van der Waals surface area (Å²) in [6.07, 6.45) is -0.263. The van der Waals surface area contributed by atoms with Crippen molar-refractivity contribution in [3.63, 3.8) is 0 Å². The molecular weight excluding hydrogens is 274 g/mol. The minimum Gasteiger partial charge on any atom is -0.392 e. The van der Waals surface area contributed by atoms with Crippen molar-refractivity contribution in [2.75, 3.05) is 0 Å². The lowest BCUT2D eigenvalue weighted by Crippen LogP contribution is -2.48. The van der Waals surface area contributed by atoms with E-state index in [1.165, 1.54) is 9.75 Å². The van der Waals surface area contributed by atoms with E-state index in [2.05, 4.69) is 54.2 Å². The van der Waals surface area contributed by atoms with E-state index >= 15 is 0 Å². The monoisotopic (exact) mass is 293 g/mol. The summed E-state index contributed by atoms with van der Waals surface area (Å²) in [4.78, 5) is 2.64. The Labute approximate surface area is 122 Å². The average Bonchev–Trinajstić information content (AvgIpc) is 3.08. The average molecular weight is 293 g/mol. The van der Waals surface area contributed by atoms with Crippen LogP contribution in [0.25, 0.3) is 0 Å². The second-order valence-electron chi connectivity index (χ2n) is 5.36. The standard InChI is InChI=1S/C15H19NOS2/c1-9-13(11-5-3-7-18-11)16-14(10(2)15(9)17)12-6-4-8-19-12/h3-10,13-17H,1-2H3/t9-,10+,13-,14-,15?/m0/s1. The third-order valence-electron chi connectivity index (χ3n) is 4.19. The van der Waals surface area contributed by atoms with Crippen LogP contribution in [-0.4, -0.2) is 11.2 Å². The zero-order valence-corrected chi connectivity index (χ0v) is 12.7. The molecule has 5 atom stereocenters. The predicted octanol–water partition coefficient (Wildman–Crippen LogP) is 3.83. The molecule has 2 nitrogen and oxygen atoms in total. The van der Waals surface area contributed by atoms with Crippen LogP contribution >= 0.6 is 22.7 Å². The summed E-state index contributed by atoms with van der Waals surface area (Å²) in [6.45, 7) is 4.28. The normalized spacial score (nSPS) is 35.4. The molecule has 19 heavy (non-hydrogen) atoms. The van der Waals surface area contributed by atoms with Crippen LogP contribution < -0.4 is 5.32 Å². The van der Waals surface area contributed by atoms with Crippen LogP contribution in [0.2, 0.25) is 0 Å². The van der Waals surface area contributed by atoms with Gasteiger partial charge < -0.3 is 10.4 Å². The predicted molar refractivity (Wildman–Crippen MR) is 81.6 cm³/mol. The number of aliphatic hydroxyl groups is 1. The Bertz CT molecular complexity index is 462. The van der Waals surface area contributed by atoms with Gasteiger partial charge in [-0.05, 0) is 22.9 Å². The first-order chi connectivity index (χ1) is 9.18. The molecule has 1 aliphatic rings. The molecule has 1 fully saturated rings. The van der Waals surface area contributed by atoms with Gasteiger partial charge in [0.15, 0.2) is 0 Å². The number of hydrogen-bond acceptors (Lipinski definition) is 4. The van der Waals surface area contributed by atoms with E-state index in [1.807, 2.05) is 0 Å². The first-order valence-corrected chi connectivity index (χ1v) is 8.45. The Morgan fingerprint density at radius 2 is 1.42 bits per heavy atom. The highest BCUT2D eigenvalue weighted by Gasteiger charge is 2.40. The largest absolute Gasteiger partial charge is 0.392 e. The van der Waals surface area contributed by atoms with Crippen LogP contribution in [0.15, 0.2) is 35.0 Å². The quantitative estimate of drug-likeness (QED) is 0.882.